The summed E-state index contributed by atoms with van der Waals surface area (Å²) in [6.07, 6.45) is 6.82. The standard InChI is InChI=1S/C26H38FN3O3/c1-17(2)25(32)24(18-8-5-4-6-9-18)29-26(33)21-12-20(13-22(27)14-21)19-10-7-11-30(16-19)23(31)15-28-3/h12-14,17-19,24,28H,4-11,15-16H2,1-3H3,(H,29,33)/t19?,24-/m1/s1. The third-order valence-corrected chi connectivity index (χ3v) is 7.04. The van der Waals surface area contributed by atoms with Crippen LogP contribution in [0.2, 0.25) is 0 Å². The summed E-state index contributed by atoms with van der Waals surface area (Å²) in [5, 5.41) is 5.84. The number of amides is 2. The molecule has 33 heavy (non-hydrogen) atoms. The fraction of sp³-hybridized carbons (Fsp3) is 0.654. The average molecular weight is 460 g/mol. The molecular formula is C26H38FN3O3. The molecule has 1 saturated carbocycles. The first-order chi connectivity index (χ1) is 15.8. The van der Waals surface area contributed by atoms with Crippen LogP contribution in [0.15, 0.2) is 18.2 Å². The summed E-state index contributed by atoms with van der Waals surface area (Å²) in [4.78, 5) is 40.2. The fourth-order valence-electron chi connectivity index (χ4n) is 5.19. The van der Waals surface area contributed by atoms with Gasteiger partial charge < -0.3 is 15.5 Å². The van der Waals surface area contributed by atoms with Gasteiger partial charge in [0.05, 0.1) is 12.6 Å². The molecule has 1 aliphatic carbocycles. The summed E-state index contributed by atoms with van der Waals surface area (Å²) in [6.45, 7) is 5.20. The molecule has 0 bridgehead atoms. The Morgan fingerprint density at radius 3 is 2.45 bits per heavy atom. The van der Waals surface area contributed by atoms with Gasteiger partial charge in [-0.25, -0.2) is 4.39 Å². The van der Waals surface area contributed by atoms with Gasteiger partial charge >= 0.3 is 0 Å². The number of hydrogen-bond donors (Lipinski definition) is 2. The van der Waals surface area contributed by atoms with E-state index in [0.29, 0.717) is 13.1 Å². The Kier molecular flexibility index (Phi) is 9.01. The molecule has 1 aliphatic heterocycles. The van der Waals surface area contributed by atoms with Crippen molar-refractivity contribution in [2.24, 2.45) is 11.8 Å². The molecule has 6 nitrogen and oxygen atoms in total. The second kappa shape index (κ2) is 11.7. The quantitative estimate of drug-likeness (QED) is 0.622. The van der Waals surface area contributed by atoms with E-state index >= 15 is 0 Å². The van der Waals surface area contributed by atoms with Crippen LogP contribution in [0.25, 0.3) is 0 Å². The Labute approximate surface area is 196 Å². The summed E-state index contributed by atoms with van der Waals surface area (Å²) in [6, 6.07) is 3.90. The molecule has 182 valence electrons. The van der Waals surface area contributed by atoms with Gasteiger partial charge in [0, 0.05) is 30.5 Å². The van der Waals surface area contributed by atoms with Crippen LogP contribution in [-0.4, -0.2) is 55.2 Å². The van der Waals surface area contributed by atoms with Crippen molar-refractivity contribution >= 4 is 17.6 Å². The van der Waals surface area contributed by atoms with Crippen molar-refractivity contribution in [2.75, 3.05) is 26.7 Å². The predicted molar refractivity (Wildman–Crippen MR) is 127 cm³/mol. The van der Waals surface area contributed by atoms with E-state index in [1.54, 1.807) is 18.0 Å². The monoisotopic (exact) mass is 459 g/mol. The highest BCUT2D eigenvalue weighted by Gasteiger charge is 2.33. The first kappa shape index (κ1) is 25.3. The minimum absolute atomic E-state index is 0.0201. The van der Waals surface area contributed by atoms with Crippen LogP contribution in [0.1, 0.15) is 80.6 Å². The van der Waals surface area contributed by atoms with E-state index in [9.17, 15) is 18.8 Å². The topological polar surface area (TPSA) is 78.5 Å². The molecule has 1 heterocycles. The van der Waals surface area contributed by atoms with Crippen LogP contribution in [-0.2, 0) is 9.59 Å². The lowest BCUT2D eigenvalue weighted by Gasteiger charge is -2.33. The number of likely N-dealkylation sites (N-methyl/N-ethyl adjacent to an activating group) is 1. The number of nitrogens with one attached hydrogen (secondary N) is 2. The molecule has 0 spiro atoms. The molecule has 2 amide bonds. The number of carbonyl (C=O) groups excluding carboxylic acids is 3. The number of benzene rings is 1. The maximum Gasteiger partial charge on any atom is 0.251 e. The minimum atomic E-state index is -0.533. The van der Waals surface area contributed by atoms with Crippen molar-refractivity contribution in [3.8, 4) is 0 Å². The van der Waals surface area contributed by atoms with Crippen molar-refractivity contribution < 1.29 is 18.8 Å². The highest BCUT2D eigenvalue weighted by atomic mass is 19.1. The van der Waals surface area contributed by atoms with Gasteiger partial charge in [-0.15, -0.1) is 0 Å². The van der Waals surface area contributed by atoms with E-state index < -0.39 is 17.8 Å². The molecule has 3 rings (SSSR count). The minimum Gasteiger partial charge on any atom is -0.342 e. The Bertz CT molecular complexity index is 851. The summed E-state index contributed by atoms with van der Waals surface area (Å²) in [7, 11) is 1.74. The number of carbonyl (C=O) groups is 3. The second-order valence-corrected chi connectivity index (χ2v) is 9.89. The smallest absolute Gasteiger partial charge is 0.251 e. The maximum atomic E-state index is 14.6. The number of Topliss-reactive ketones (excluding diaryl/α,β-unsaturated/α-hetero) is 1. The van der Waals surface area contributed by atoms with Crippen molar-refractivity contribution in [3.05, 3.63) is 35.1 Å². The Balaban J connectivity index is 1.77. The van der Waals surface area contributed by atoms with Crippen molar-refractivity contribution in [3.63, 3.8) is 0 Å². The molecule has 0 radical (unpaired) electrons. The largest absolute Gasteiger partial charge is 0.342 e. The van der Waals surface area contributed by atoms with E-state index in [4.69, 9.17) is 0 Å². The lowest BCUT2D eigenvalue weighted by Crippen LogP contribution is -2.48. The molecule has 2 N–H and O–H groups in total. The Morgan fingerprint density at radius 2 is 1.79 bits per heavy atom. The molecule has 7 heteroatoms. The highest BCUT2D eigenvalue weighted by molar-refractivity contribution is 5.98. The SMILES string of the molecule is CNCC(=O)N1CCCC(c2cc(F)cc(C(=O)N[C@@H](C(=O)C(C)C)C3CCCCC3)c2)C1. The number of nitrogens with zero attached hydrogens (tertiary/aromatic N) is 1. The lowest BCUT2D eigenvalue weighted by atomic mass is 9.80. The van der Waals surface area contributed by atoms with Gasteiger partial charge in [-0.1, -0.05) is 33.1 Å². The number of likely N-dealkylation sites (tertiary alicyclic amines) is 1. The number of rotatable bonds is 8. The zero-order valence-corrected chi connectivity index (χ0v) is 20.2. The van der Waals surface area contributed by atoms with Gasteiger partial charge in [0.25, 0.3) is 5.91 Å². The summed E-state index contributed by atoms with van der Waals surface area (Å²) >= 11 is 0. The zero-order chi connectivity index (χ0) is 24.0. The van der Waals surface area contributed by atoms with Crippen LogP contribution >= 0.6 is 0 Å². The number of piperidine rings is 1. The van der Waals surface area contributed by atoms with Crippen LogP contribution in [0, 0.1) is 17.7 Å². The molecule has 2 atom stereocenters. The van der Waals surface area contributed by atoms with E-state index in [-0.39, 0.29) is 41.6 Å². The van der Waals surface area contributed by atoms with Crippen LogP contribution in [0.5, 0.6) is 0 Å². The molecule has 1 aromatic carbocycles. The predicted octanol–water partition coefficient (Wildman–Crippen LogP) is 3.65. The normalized spacial score (nSPS) is 20.5. The highest BCUT2D eigenvalue weighted by Crippen LogP contribution is 2.30. The first-order valence-corrected chi connectivity index (χ1v) is 12.4. The fourth-order valence-corrected chi connectivity index (χ4v) is 5.19. The van der Waals surface area contributed by atoms with Gasteiger partial charge in [-0.3, -0.25) is 14.4 Å². The molecule has 2 aliphatic rings. The maximum absolute atomic E-state index is 14.6. The molecule has 1 aromatic rings. The van der Waals surface area contributed by atoms with Gasteiger partial charge in [0.2, 0.25) is 5.91 Å². The van der Waals surface area contributed by atoms with Gasteiger partial charge in [0.15, 0.2) is 5.78 Å². The molecule has 1 unspecified atom stereocenters. The molecule has 2 fully saturated rings. The summed E-state index contributed by atoms with van der Waals surface area (Å²) in [5.74, 6) is -0.871. The average Bonchev–Trinajstić information content (AvgIpc) is 2.82. The molecule has 0 aromatic heterocycles. The van der Waals surface area contributed by atoms with Gasteiger partial charge in [-0.2, -0.15) is 0 Å². The second-order valence-electron chi connectivity index (χ2n) is 9.89. The molecular weight excluding hydrogens is 421 g/mol. The zero-order valence-electron chi connectivity index (χ0n) is 20.2. The van der Waals surface area contributed by atoms with Crippen molar-refractivity contribution in [1.82, 2.24) is 15.5 Å². The van der Waals surface area contributed by atoms with Crippen LogP contribution in [0.3, 0.4) is 0 Å². The summed E-state index contributed by atoms with van der Waals surface area (Å²) < 4.78 is 14.6. The van der Waals surface area contributed by atoms with E-state index in [1.165, 1.54) is 12.1 Å². The number of hydrogen-bond acceptors (Lipinski definition) is 4. The number of halogens is 1. The third kappa shape index (κ3) is 6.62. The lowest BCUT2D eigenvalue weighted by molar-refractivity contribution is -0.131. The van der Waals surface area contributed by atoms with E-state index in [0.717, 1.165) is 50.5 Å². The van der Waals surface area contributed by atoms with Gasteiger partial charge in [0.1, 0.15) is 5.82 Å². The van der Waals surface area contributed by atoms with Crippen LogP contribution in [0.4, 0.5) is 4.39 Å². The van der Waals surface area contributed by atoms with Crippen LogP contribution < -0.4 is 10.6 Å². The molecule has 1 saturated heterocycles. The number of ketones is 1. The van der Waals surface area contributed by atoms with Gasteiger partial charge in [-0.05, 0) is 62.4 Å². The summed E-state index contributed by atoms with van der Waals surface area (Å²) in [5.41, 5.74) is 0.965. The van der Waals surface area contributed by atoms with E-state index in [2.05, 4.69) is 10.6 Å². The van der Waals surface area contributed by atoms with Crippen molar-refractivity contribution in [1.29, 1.82) is 0 Å². The Morgan fingerprint density at radius 1 is 1.06 bits per heavy atom. The third-order valence-electron chi connectivity index (χ3n) is 7.04. The Hall–Kier alpha value is -2.28. The van der Waals surface area contributed by atoms with Crippen molar-refractivity contribution in [2.45, 2.75) is 70.8 Å². The van der Waals surface area contributed by atoms with E-state index in [1.807, 2.05) is 13.8 Å². The first-order valence-electron chi connectivity index (χ1n) is 12.4.